The first-order chi connectivity index (χ1) is 24.8. The van der Waals surface area contributed by atoms with Crippen molar-refractivity contribution in [2.75, 3.05) is 44.3 Å². The van der Waals surface area contributed by atoms with Crippen LogP contribution in [0.3, 0.4) is 0 Å². The van der Waals surface area contributed by atoms with Gasteiger partial charge in [0.05, 0.1) is 24.0 Å². The summed E-state index contributed by atoms with van der Waals surface area (Å²) >= 11 is 0. The maximum atomic E-state index is 15.1. The zero-order valence-electron chi connectivity index (χ0n) is 33.8. The zero-order valence-corrected chi connectivity index (χ0v) is 34.6. The van der Waals surface area contributed by atoms with Crippen LogP contribution >= 0.6 is 0 Å². The van der Waals surface area contributed by atoms with Crippen molar-refractivity contribution in [3.05, 3.63) is 35.5 Å². The number of ether oxygens (including phenoxy) is 1. The molecular formula is C44H68F2N2O4S. The van der Waals surface area contributed by atoms with Gasteiger partial charge < -0.3 is 15.0 Å². The van der Waals surface area contributed by atoms with Crippen molar-refractivity contribution in [1.29, 1.82) is 0 Å². The molecule has 2 unspecified atom stereocenters. The number of fused-ring (bicyclic) bond motifs is 7. The van der Waals surface area contributed by atoms with E-state index in [9.17, 15) is 13.2 Å². The van der Waals surface area contributed by atoms with E-state index in [1.807, 2.05) is 0 Å². The zero-order chi connectivity index (χ0) is 38.4. The third kappa shape index (κ3) is 6.17. The molecule has 4 saturated carbocycles. The Morgan fingerprint density at radius 3 is 2.38 bits per heavy atom. The van der Waals surface area contributed by atoms with Gasteiger partial charge >= 0.3 is 11.9 Å². The SMILES string of the molecule is C=C(C)[C@@H]1CCC2(NCCN3CCS(=O)(=O)CC3)CC[C@]3(C)[C@H](CC[C@@H]4[C@@]5(C)CC=C(C6=CC(C(F)(F)C(=O)OCC)CC6)C(C)(C)[C@@H]5CC[C@]43C)[C@@H]12. The predicted molar refractivity (Wildman–Crippen MR) is 208 cm³/mol. The molecule has 298 valence electrons. The van der Waals surface area contributed by atoms with Crippen LogP contribution < -0.4 is 5.32 Å². The minimum Gasteiger partial charge on any atom is -0.462 e. The van der Waals surface area contributed by atoms with E-state index in [1.165, 1.54) is 56.1 Å². The molecule has 5 fully saturated rings. The predicted octanol–water partition coefficient (Wildman–Crippen LogP) is 8.79. The molecule has 0 aromatic carbocycles. The van der Waals surface area contributed by atoms with Crippen LogP contribution in [0.1, 0.15) is 119 Å². The molecule has 6 nitrogen and oxygen atoms in total. The van der Waals surface area contributed by atoms with E-state index >= 15 is 8.78 Å². The number of hydrogen-bond donors (Lipinski definition) is 1. The van der Waals surface area contributed by atoms with Crippen LogP contribution in [0.2, 0.25) is 0 Å². The van der Waals surface area contributed by atoms with Crippen LogP contribution in [0.15, 0.2) is 35.5 Å². The van der Waals surface area contributed by atoms with Crippen LogP contribution in [0.4, 0.5) is 8.78 Å². The second-order valence-electron chi connectivity index (χ2n) is 20.0. The lowest BCUT2D eigenvalue weighted by molar-refractivity contribution is -0.221. The fourth-order valence-electron chi connectivity index (χ4n) is 14.7. The van der Waals surface area contributed by atoms with E-state index in [-0.39, 0.29) is 51.7 Å². The number of carbonyl (C=O) groups excluding carboxylic acids is 1. The molecule has 0 aromatic heterocycles. The molecule has 1 aliphatic heterocycles. The number of hydrogen-bond acceptors (Lipinski definition) is 6. The third-order valence-corrected chi connectivity index (χ3v) is 19.1. The maximum absolute atomic E-state index is 15.1. The highest BCUT2D eigenvalue weighted by Crippen LogP contribution is 2.76. The molecule has 10 atom stereocenters. The first-order valence-electron chi connectivity index (χ1n) is 21.1. The minimum atomic E-state index is -3.50. The van der Waals surface area contributed by atoms with Crippen molar-refractivity contribution in [3.63, 3.8) is 0 Å². The summed E-state index contributed by atoms with van der Waals surface area (Å²) in [6.45, 7) is 24.1. The Morgan fingerprint density at radius 1 is 0.981 bits per heavy atom. The second-order valence-corrected chi connectivity index (χ2v) is 22.3. The molecule has 6 aliphatic carbocycles. The van der Waals surface area contributed by atoms with Gasteiger partial charge in [-0.05, 0) is 147 Å². The van der Waals surface area contributed by atoms with E-state index in [0.717, 1.165) is 31.5 Å². The van der Waals surface area contributed by atoms with Crippen LogP contribution in [-0.4, -0.2) is 75.0 Å². The molecule has 0 bridgehead atoms. The quantitative estimate of drug-likeness (QED) is 0.187. The fourth-order valence-corrected chi connectivity index (χ4v) is 15.9. The van der Waals surface area contributed by atoms with Crippen molar-refractivity contribution < 1.29 is 26.7 Å². The molecule has 0 spiro atoms. The van der Waals surface area contributed by atoms with Gasteiger partial charge in [-0.15, -0.1) is 0 Å². The fraction of sp³-hybridized carbons (Fsp3) is 0.841. The summed E-state index contributed by atoms with van der Waals surface area (Å²) in [6.07, 6.45) is 15.6. The molecule has 0 amide bonds. The number of esters is 1. The number of rotatable bonds is 9. The van der Waals surface area contributed by atoms with Gasteiger partial charge in [-0.2, -0.15) is 8.78 Å². The summed E-state index contributed by atoms with van der Waals surface area (Å²) in [4.78, 5) is 14.5. The highest BCUT2D eigenvalue weighted by Gasteiger charge is 2.70. The van der Waals surface area contributed by atoms with Crippen molar-refractivity contribution >= 4 is 15.8 Å². The van der Waals surface area contributed by atoms with Crippen LogP contribution in [-0.2, 0) is 19.4 Å². The van der Waals surface area contributed by atoms with Crippen LogP contribution in [0.5, 0.6) is 0 Å². The summed E-state index contributed by atoms with van der Waals surface area (Å²) in [7, 11) is -2.88. The number of sulfone groups is 1. The molecule has 0 radical (unpaired) electrons. The average Bonchev–Trinajstić information content (AvgIpc) is 3.72. The normalized spacial score (nSPS) is 43.4. The van der Waals surface area contributed by atoms with Crippen molar-refractivity contribution in [1.82, 2.24) is 10.2 Å². The summed E-state index contributed by atoms with van der Waals surface area (Å²) in [5, 5.41) is 4.19. The molecule has 1 N–H and O–H groups in total. The maximum Gasteiger partial charge on any atom is 0.377 e. The van der Waals surface area contributed by atoms with Gasteiger partial charge in [-0.3, -0.25) is 0 Å². The van der Waals surface area contributed by atoms with E-state index < -0.39 is 27.6 Å². The molecule has 0 aromatic rings. The van der Waals surface area contributed by atoms with Gasteiger partial charge in [0, 0.05) is 31.7 Å². The van der Waals surface area contributed by atoms with E-state index in [0.29, 0.717) is 49.1 Å². The Kier molecular flexibility index (Phi) is 10.1. The summed E-state index contributed by atoms with van der Waals surface area (Å²) < 4.78 is 59.1. The molecule has 9 heteroatoms. The van der Waals surface area contributed by atoms with Crippen molar-refractivity contribution in [3.8, 4) is 0 Å². The Labute approximate surface area is 319 Å². The van der Waals surface area contributed by atoms with Crippen molar-refractivity contribution in [2.24, 2.45) is 57.2 Å². The minimum absolute atomic E-state index is 0.0426. The molecule has 7 rings (SSSR count). The second kappa shape index (κ2) is 13.5. The largest absolute Gasteiger partial charge is 0.462 e. The smallest absolute Gasteiger partial charge is 0.377 e. The topological polar surface area (TPSA) is 75.7 Å². The molecule has 1 heterocycles. The molecular weight excluding hydrogens is 691 g/mol. The third-order valence-electron chi connectivity index (χ3n) is 17.5. The van der Waals surface area contributed by atoms with Crippen LogP contribution in [0.25, 0.3) is 0 Å². The lowest BCUT2D eigenvalue weighted by Gasteiger charge is -2.72. The molecule has 1 saturated heterocycles. The lowest BCUT2D eigenvalue weighted by atomic mass is 9.33. The standard InChI is InChI=1S/C44H68F2N2O4S/c1-9-52-38(49)44(45,46)31-11-10-30(28-31)33-15-17-40(6)35(39(33,4)5)16-18-42(8)36(40)13-12-34-37-32(29(2)3)14-19-43(37,21-20-41(34,42)7)47-22-23-48-24-26-53(50,51)27-25-48/h15,28,31-32,34-37,47H,2,9-14,16-27H2,1,3-8H3/t31?,32-,34+,35-,36+,37+,40-,41+,42+,43?/m0/s1. The monoisotopic (exact) mass is 758 g/mol. The Morgan fingerprint density at radius 2 is 1.70 bits per heavy atom. The number of nitrogens with one attached hydrogen (secondary N) is 1. The van der Waals surface area contributed by atoms with Crippen LogP contribution in [0, 0.1) is 57.2 Å². The Bertz CT molecular complexity index is 1640. The number of alkyl halides is 2. The molecule has 7 aliphatic rings. The number of halogens is 2. The number of nitrogens with zero attached hydrogens (tertiary/aromatic N) is 1. The highest BCUT2D eigenvalue weighted by molar-refractivity contribution is 7.91. The van der Waals surface area contributed by atoms with Gasteiger partial charge in [0.1, 0.15) is 0 Å². The van der Waals surface area contributed by atoms with E-state index in [1.54, 1.807) is 13.0 Å². The van der Waals surface area contributed by atoms with E-state index in [4.69, 9.17) is 4.74 Å². The summed E-state index contributed by atoms with van der Waals surface area (Å²) in [5.41, 5.74) is 4.10. The number of allylic oxidation sites excluding steroid dienone is 5. The van der Waals surface area contributed by atoms with Crippen molar-refractivity contribution in [2.45, 2.75) is 131 Å². The summed E-state index contributed by atoms with van der Waals surface area (Å²) in [5.74, 6) is -2.69. The van der Waals surface area contributed by atoms with Gasteiger partial charge in [-0.1, -0.05) is 58.9 Å². The van der Waals surface area contributed by atoms with Gasteiger partial charge in [0.2, 0.25) is 0 Å². The summed E-state index contributed by atoms with van der Waals surface area (Å²) in [6, 6.07) is 0. The lowest BCUT2D eigenvalue weighted by Crippen LogP contribution is -2.68. The Hall–Kier alpha value is -1.58. The van der Waals surface area contributed by atoms with Gasteiger partial charge in [0.25, 0.3) is 0 Å². The number of carbonyl (C=O) groups is 1. The van der Waals surface area contributed by atoms with E-state index in [2.05, 4.69) is 64.4 Å². The van der Waals surface area contributed by atoms with Gasteiger partial charge in [0.15, 0.2) is 9.84 Å². The first kappa shape index (κ1) is 39.6. The Balaban J connectivity index is 1.12. The van der Waals surface area contributed by atoms with Gasteiger partial charge in [-0.25, -0.2) is 13.2 Å². The average molecular weight is 759 g/mol. The molecule has 53 heavy (non-hydrogen) atoms. The first-order valence-corrected chi connectivity index (χ1v) is 22.9. The highest BCUT2D eigenvalue weighted by atomic mass is 32.2.